The van der Waals surface area contributed by atoms with Gasteiger partial charge in [0.15, 0.2) is 0 Å². The Kier molecular flexibility index (Phi) is 4.57. The number of anilines is 1. The standard InChI is InChI=1S/C14H20N4/c1-18-9-8-17-14(11-18)6-7-16-13-4-2-12(10-15)3-5-13/h2-5,14,16-17H,6-9,11H2,1H3. The maximum atomic E-state index is 8.72. The third-order valence-corrected chi connectivity index (χ3v) is 3.29. The van der Waals surface area contributed by atoms with E-state index in [-0.39, 0.29) is 0 Å². The molecule has 0 amide bonds. The zero-order valence-electron chi connectivity index (χ0n) is 10.8. The van der Waals surface area contributed by atoms with Crippen molar-refractivity contribution in [1.29, 1.82) is 5.26 Å². The van der Waals surface area contributed by atoms with Crippen molar-refractivity contribution in [2.24, 2.45) is 0 Å². The van der Waals surface area contributed by atoms with Crippen LogP contribution in [0, 0.1) is 11.3 Å². The summed E-state index contributed by atoms with van der Waals surface area (Å²) in [6, 6.07) is 10.3. The first-order valence-electron chi connectivity index (χ1n) is 6.44. The molecular formula is C14H20N4. The van der Waals surface area contributed by atoms with E-state index in [1.165, 1.54) is 0 Å². The van der Waals surface area contributed by atoms with Crippen LogP contribution in [0.25, 0.3) is 0 Å². The fourth-order valence-electron chi connectivity index (χ4n) is 2.24. The molecule has 0 radical (unpaired) electrons. The number of rotatable bonds is 4. The van der Waals surface area contributed by atoms with E-state index < -0.39 is 0 Å². The Balaban J connectivity index is 1.72. The fraction of sp³-hybridized carbons (Fsp3) is 0.500. The minimum absolute atomic E-state index is 0.578. The van der Waals surface area contributed by atoms with Gasteiger partial charge in [0.05, 0.1) is 11.6 Å². The predicted molar refractivity (Wildman–Crippen MR) is 73.6 cm³/mol. The second-order valence-electron chi connectivity index (χ2n) is 4.82. The lowest BCUT2D eigenvalue weighted by Gasteiger charge is -2.31. The molecule has 1 aromatic carbocycles. The average Bonchev–Trinajstić information content (AvgIpc) is 2.40. The monoisotopic (exact) mass is 244 g/mol. The zero-order valence-corrected chi connectivity index (χ0v) is 10.8. The van der Waals surface area contributed by atoms with Crippen LogP contribution in [0.4, 0.5) is 5.69 Å². The molecule has 1 saturated heterocycles. The normalized spacial score (nSPS) is 20.3. The van der Waals surface area contributed by atoms with Gasteiger partial charge < -0.3 is 15.5 Å². The van der Waals surface area contributed by atoms with Crippen LogP contribution in [0.15, 0.2) is 24.3 Å². The Morgan fingerprint density at radius 3 is 2.89 bits per heavy atom. The summed E-state index contributed by atoms with van der Waals surface area (Å²) in [5.41, 5.74) is 1.79. The highest BCUT2D eigenvalue weighted by molar-refractivity contribution is 5.47. The van der Waals surface area contributed by atoms with Gasteiger partial charge in [0, 0.05) is 37.9 Å². The topological polar surface area (TPSA) is 51.1 Å². The maximum Gasteiger partial charge on any atom is 0.0991 e. The third-order valence-electron chi connectivity index (χ3n) is 3.29. The number of hydrogen-bond donors (Lipinski definition) is 2. The SMILES string of the molecule is CN1CCNC(CCNc2ccc(C#N)cc2)C1. The van der Waals surface area contributed by atoms with E-state index in [1.54, 1.807) is 0 Å². The van der Waals surface area contributed by atoms with Crippen LogP contribution in [-0.2, 0) is 0 Å². The molecule has 2 rings (SSSR count). The summed E-state index contributed by atoms with van der Waals surface area (Å²) < 4.78 is 0. The average molecular weight is 244 g/mol. The highest BCUT2D eigenvalue weighted by Gasteiger charge is 2.15. The number of nitriles is 1. The molecule has 0 bridgehead atoms. The smallest absolute Gasteiger partial charge is 0.0991 e. The van der Waals surface area contributed by atoms with Crippen molar-refractivity contribution in [3.05, 3.63) is 29.8 Å². The highest BCUT2D eigenvalue weighted by Crippen LogP contribution is 2.09. The molecule has 1 heterocycles. The van der Waals surface area contributed by atoms with Crippen LogP contribution >= 0.6 is 0 Å². The van der Waals surface area contributed by atoms with E-state index in [0.717, 1.165) is 38.3 Å². The maximum absolute atomic E-state index is 8.72. The molecule has 0 aromatic heterocycles. The van der Waals surface area contributed by atoms with Gasteiger partial charge in [-0.25, -0.2) is 0 Å². The summed E-state index contributed by atoms with van der Waals surface area (Å²) in [7, 11) is 2.17. The van der Waals surface area contributed by atoms with Crippen molar-refractivity contribution in [1.82, 2.24) is 10.2 Å². The molecule has 4 nitrogen and oxygen atoms in total. The quantitative estimate of drug-likeness (QED) is 0.837. The van der Waals surface area contributed by atoms with E-state index in [9.17, 15) is 0 Å². The Hall–Kier alpha value is -1.57. The summed E-state index contributed by atoms with van der Waals surface area (Å²) in [6.45, 7) is 4.30. The highest BCUT2D eigenvalue weighted by atomic mass is 15.2. The largest absolute Gasteiger partial charge is 0.385 e. The van der Waals surface area contributed by atoms with Crippen LogP contribution in [0.1, 0.15) is 12.0 Å². The third kappa shape index (κ3) is 3.73. The second-order valence-corrected chi connectivity index (χ2v) is 4.82. The van der Waals surface area contributed by atoms with E-state index in [4.69, 9.17) is 5.26 Å². The molecule has 1 fully saturated rings. The molecule has 4 heteroatoms. The number of nitrogens with zero attached hydrogens (tertiary/aromatic N) is 2. The summed E-state index contributed by atoms with van der Waals surface area (Å²) in [4.78, 5) is 2.36. The van der Waals surface area contributed by atoms with Crippen LogP contribution < -0.4 is 10.6 Å². The van der Waals surface area contributed by atoms with Gasteiger partial charge >= 0.3 is 0 Å². The minimum Gasteiger partial charge on any atom is -0.385 e. The zero-order chi connectivity index (χ0) is 12.8. The Morgan fingerprint density at radius 2 is 2.22 bits per heavy atom. The van der Waals surface area contributed by atoms with Gasteiger partial charge in [0.25, 0.3) is 0 Å². The molecule has 1 atom stereocenters. The molecule has 0 spiro atoms. The first kappa shape index (κ1) is 12.9. The van der Waals surface area contributed by atoms with Crippen molar-refractivity contribution < 1.29 is 0 Å². The van der Waals surface area contributed by atoms with Gasteiger partial charge in [-0.05, 0) is 37.7 Å². The van der Waals surface area contributed by atoms with Gasteiger partial charge in [-0.3, -0.25) is 0 Å². The van der Waals surface area contributed by atoms with Crippen molar-refractivity contribution in [2.75, 3.05) is 38.5 Å². The fourth-order valence-corrected chi connectivity index (χ4v) is 2.24. The van der Waals surface area contributed by atoms with Gasteiger partial charge in [-0.2, -0.15) is 5.26 Å². The molecule has 18 heavy (non-hydrogen) atoms. The summed E-state index contributed by atoms with van der Waals surface area (Å²) in [5, 5.41) is 15.6. The Labute approximate surface area is 109 Å². The van der Waals surface area contributed by atoms with E-state index >= 15 is 0 Å². The Morgan fingerprint density at radius 1 is 1.44 bits per heavy atom. The van der Waals surface area contributed by atoms with E-state index in [1.807, 2.05) is 24.3 Å². The lowest BCUT2D eigenvalue weighted by atomic mass is 10.1. The molecule has 96 valence electrons. The van der Waals surface area contributed by atoms with Crippen LogP contribution in [0.3, 0.4) is 0 Å². The lowest BCUT2D eigenvalue weighted by Crippen LogP contribution is -2.49. The lowest BCUT2D eigenvalue weighted by molar-refractivity contribution is 0.234. The van der Waals surface area contributed by atoms with Gasteiger partial charge in [0.1, 0.15) is 0 Å². The Bertz CT molecular complexity index is 407. The first-order valence-corrected chi connectivity index (χ1v) is 6.44. The van der Waals surface area contributed by atoms with Crippen LogP contribution in [0.5, 0.6) is 0 Å². The number of piperazine rings is 1. The van der Waals surface area contributed by atoms with Crippen molar-refractivity contribution in [2.45, 2.75) is 12.5 Å². The van der Waals surface area contributed by atoms with Gasteiger partial charge in [-0.1, -0.05) is 0 Å². The predicted octanol–water partition coefficient (Wildman–Crippen LogP) is 1.26. The summed E-state index contributed by atoms with van der Waals surface area (Å²) in [6.07, 6.45) is 1.12. The van der Waals surface area contributed by atoms with Crippen LogP contribution in [-0.4, -0.2) is 44.2 Å². The molecule has 1 unspecified atom stereocenters. The first-order chi connectivity index (χ1) is 8.78. The molecule has 1 aromatic rings. The van der Waals surface area contributed by atoms with E-state index in [2.05, 4.69) is 28.7 Å². The molecule has 0 aliphatic carbocycles. The van der Waals surface area contributed by atoms with Crippen LogP contribution in [0.2, 0.25) is 0 Å². The number of nitrogens with one attached hydrogen (secondary N) is 2. The number of likely N-dealkylation sites (N-methyl/N-ethyl adjacent to an activating group) is 1. The second kappa shape index (κ2) is 6.39. The molecular weight excluding hydrogens is 224 g/mol. The van der Waals surface area contributed by atoms with Gasteiger partial charge in [0.2, 0.25) is 0 Å². The molecule has 1 aliphatic rings. The molecule has 2 N–H and O–H groups in total. The van der Waals surface area contributed by atoms with Crippen molar-refractivity contribution in [3.63, 3.8) is 0 Å². The minimum atomic E-state index is 0.578. The molecule has 0 saturated carbocycles. The summed E-state index contributed by atoms with van der Waals surface area (Å²) >= 11 is 0. The number of hydrogen-bond acceptors (Lipinski definition) is 4. The van der Waals surface area contributed by atoms with Crippen molar-refractivity contribution in [3.8, 4) is 6.07 Å². The summed E-state index contributed by atoms with van der Waals surface area (Å²) in [5.74, 6) is 0. The molecule has 1 aliphatic heterocycles. The van der Waals surface area contributed by atoms with Crippen molar-refractivity contribution >= 4 is 5.69 Å². The van der Waals surface area contributed by atoms with E-state index in [0.29, 0.717) is 11.6 Å². The number of benzene rings is 1. The van der Waals surface area contributed by atoms with Gasteiger partial charge in [-0.15, -0.1) is 0 Å².